The van der Waals surface area contributed by atoms with E-state index in [9.17, 15) is 18.0 Å². The molecule has 0 bridgehead atoms. The number of carbonyl (C=O) groups excluding carboxylic acids is 1. The predicted octanol–water partition coefficient (Wildman–Crippen LogP) is 2.61. The first-order valence-corrected chi connectivity index (χ1v) is 6.02. The summed E-state index contributed by atoms with van der Waals surface area (Å²) in [6, 6.07) is 4.81. The van der Waals surface area contributed by atoms with Crippen molar-refractivity contribution in [2.45, 2.75) is 12.6 Å². The van der Waals surface area contributed by atoms with Gasteiger partial charge in [0.05, 0.1) is 32.9 Å². The summed E-state index contributed by atoms with van der Waals surface area (Å²) in [5, 5.41) is 2.53. The second-order valence-electron chi connectivity index (χ2n) is 4.03. The molecule has 8 heteroatoms. The molecule has 0 atom stereocenters. The third-order valence-corrected chi connectivity index (χ3v) is 2.42. The van der Waals surface area contributed by atoms with Gasteiger partial charge in [-0.1, -0.05) is 0 Å². The summed E-state index contributed by atoms with van der Waals surface area (Å²) >= 11 is 0. The Morgan fingerprint density at radius 2 is 1.95 bits per heavy atom. The highest BCUT2D eigenvalue weighted by molar-refractivity contribution is 5.92. The van der Waals surface area contributed by atoms with Crippen LogP contribution in [0.3, 0.4) is 0 Å². The summed E-state index contributed by atoms with van der Waals surface area (Å²) in [4.78, 5) is 11.6. The molecular formula is C13H16F3NO4. The van der Waals surface area contributed by atoms with E-state index in [2.05, 4.69) is 10.1 Å². The summed E-state index contributed by atoms with van der Waals surface area (Å²) in [6.45, 7) is -1.69. The molecule has 0 radical (unpaired) electrons. The smallest absolute Gasteiger partial charge is 0.411 e. The molecule has 0 saturated carbocycles. The number of hydrogen-bond donors (Lipinski definition) is 1. The first kappa shape index (κ1) is 17.1. The molecule has 0 aromatic heterocycles. The molecule has 0 fully saturated rings. The average Bonchev–Trinajstić information content (AvgIpc) is 2.42. The van der Waals surface area contributed by atoms with Gasteiger partial charge >= 0.3 is 6.18 Å². The minimum absolute atomic E-state index is 0.198. The summed E-state index contributed by atoms with van der Waals surface area (Å²) in [5.41, 5.74) is 0.373. The monoisotopic (exact) mass is 307 g/mol. The Bertz CT molecular complexity index is 477. The van der Waals surface area contributed by atoms with Crippen LogP contribution in [0.1, 0.15) is 6.42 Å². The Labute approximate surface area is 120 Å². The van der Waals surface area contributed by atoms with Crippen molar-refractivity contribution in [3.63, 3.8) is 0 Å². The number of carbonyl (C=O) groups is 1. The van der Waals surface area contributed by atoms with E-state index in [4.69, 9.17) is 9.47 Å². The van der Waals surface area contributed by atoms with Crippen molar-refractivity contribution < 1.29 is 32.2 Å². The molecule has 0 aliphatic carbocycles. The number of nitrogens with one attached hydrogen (secondary N) is 1. The number of alkyl halides is 3. The van der Waals surface area contributed by atoms with Gasteiger partial charge in [-0.05, 0) is 12.1 Å². The van der Waals surface area contributed by atoms with Crippen molar-refractivity contribution in [2.75, 3.05) is 32.8 Å². The summed E-state index contributed by atoms with van der Waals surface area (Å²) < 4.78 is 50.0. The quantitative estimate of drug-likeness (QED) is 0.787. The topological polar surface area (TPSA) is 56.8 Å². The van der Waals surface area contributed by atoms with Gasteiger partial charge in [0.25, 0.3) is 0 Å². The predicted molar refractivity (Wildman–Crippen MR) is 69.7 cm³/mol. The third-order valence-electron chi connectivity index (χ3n) is 2.42. The highest BCUT2D eigenvalue weighted by atomic mass is 19.4. The van der Waals surface area contributed by atoms with Crippen molar-refractivity contribution in [1.82, 2.24) is 0 Å². The van der Waals surface area contributed by atoms with Crippen LogP contribution in [0.25, 0.3) is 0 Å². The van der Waals surface area contributed by atoms with E-state index in [1.807, 2.05) is 0 Å². The van der Waals surface area contributed by atoms with E-state index in [-0.39, 0.29) is 13.0 Å². The van der Waals surface area contributed by atoms with Gasteiger partial charge in [0.1, 0.15) is 18.1 Å². The van der Waals surface area contributed by atoms with Crippen LogP contribution in [0, 0.1) is 0 Å². The molecule has 0 unspecified atom stereocenters. The maximum absolute atomic E-state index is 11.9. The Balaban J connectivity index is 2.50. The molecule has 0 aliphatic rings. The van der Waals surface area contributed by atoms with Crippen LogP contribution in [-0.2, 0) is 9.53 Å². The molecular weight excluding hydrogens is 291 g/mol. The molecule has 1 aromatic carbocycles. The Morgan fingerprint density at radius 1 is 1.24 bits per heavy atom. The maximum Gasteiger partial charge on any atom is 0.411 e. The van der Waals surface area contributed by atoms with Crippen LogP contribution < -0.4 is 14.8 Å². The van der Waals surface area contributed by atoms with Crippen molar-refractivity contribution in [2.24, 2.45) is 0 Å². The number of anilines is 1. The molecule has 118 valence electrons. The zero-order valence-corrected chi connectivity index (χ0v) is 11.6. The van der Waals surface area contributed by atoms with E-state index in [1.165, 1.54) is 14.2 Å². The average molecular weight is 307 g/mol. The van der Waals surface area contributed by atoms with Gasteiger partial charge in [0.15, 0.2) is 0 Å². The second kappa shape index (κ2) is 7.72. The van der Waals surface area contributed by atoms with Gasteiger partial charge < -0.3 is 19.5 Å². The van der Waals surface area contributed by atoms with Gasteiger partial charge in [-0.25, -0.2) is 0 Å². The zero-order chi connectivity index (χ0) is 15.9. The van der Waals surface area contributed by atoms with Gasteiger partial charge in [-0.15, -0.1) is 0 Å². The molecule has 21 heavy (non-hydrogen) atoms. The molecule has 5 nitrogen and oxygen atoms in total. The van der Waals surface area contributed by atoms with Gasteiger partial charge in [0.2, 0.25) is 5.91 Å². The summed E-state index contributed by atoms with van der Waals surface area (Å²) in [5.74, 6) is 0.448. The number of rotatable bonds is 7. The SMILES string of the molecule is COc1ccc(OC)c(NC(=O)CCOCC(F)(F)F)c1. The van der Waals surface area contributed by atoms with Gasteiger partial charge in [-0.2, -0.15) is 13.2 Å². The third kappa shape index (κ3) is 6.35. The normalized spacial score (nSPS) is 11.1. The summed E-state index contributed by atoms with van der Waals surface area (Å²) in [7, 11) is 2.91. The van der Waals surface area contributed by atoms with Crippen molar-refractivity contribution in [1.29, 1.82) is 0 Å². The van der Waals surface area contributed by atoms with Gasteiger partial charge in [0, 0.05) is 6.07 Å². The number of ether oxygens (including phenoxy) is 3. The molecule has 1 aromatic rings. The van der Waals surface area contributed by atoms with E-state index in [0.29, 0.717) is 17.2 Å². The first-order valence-electron chi connectivity index (χ1n) is 6.02. The van der Waals surface area contributed by atoms with Crippen LogP contribution in [-0.4, -0.2) is 39.5 Å². The van der Waals surface area contributed by atoms with Crippen LogP contribution in [0.4, 0.5) is 18.9 Å². The fraction of sp³-hybridized carbons (Fsp3) is 0.462. The minimum Gasteiger partial charge on any atom is -0.497 e. The lowest BCUT2D eigenvalue weighted by atomic mass is 10.2. The Hall–Kier alpha value is -1.96. The molecule has 1 N–H and O–H groups in total. The Morgan fingerprint density at radius 3 is 2.52 bits per heavy atom. The number of benzene rings is 1. The maximum atomic E-state index is 11.9. The number of methoxy groups -OCH3 is 2. The van der Waals surface area contributed by atoms with Crippen molar-refractivity contribution in [3.8, 4) is 11.5 Å². The fourth-order valence-electron chi connectivity index (χ4n) is 1.48. The lowest BCUT2D eigenvalue weighted by Crippen LogP contribution is -2.20. The van der Waals surface area contributed by atoms with Crippen LogP contribution >= 0.6 is 0 Å². The van der Waals surface area contributed by atoms with Crippen molar-refractivity contribution >= 4 is 11.6 Å². The largest absolute Gasteiger partial charge is 0.497 e. The highest BCUT2D eigenvalue weighted by Gasteiger charge is 2.27. The standard InChI is InChI=1S/C13H16F3NO4/c1-19-9-3-4-11(20-2)10(7-9)17-12(18)5-6-21-8-13(14,15)16/h3-4,7H,5-6,8H2,1-2H3,(H,17,18). The second-order valence-corrected chi connectivity index (χ2v) is 4.03. The van der Waals surface area contributed by atoms with Crippen molar-refractivity contribution in [3.05, 3.63) is 18.2 Å². The first-order chi connectivity index (χ1) is 9.85. The Kier molecular flexibility index (Phi) is 6.29. The highest BCUT2D eigenvalue weighted by Crippen LogP contribution is 2.28. The lowest BCUT2D eigenvalue weighted by molar-refractivity contribution is -0.174. The van der Waals surface area contributed by atoms with E-state index in [1.54, 1.807) is 18.2 Å². The fourth-order valence-corrected chi connectivity index (χ4v) is 1.48. The van der Waals surface area contributed by atoms with E-state index in [0.717, 1.165) is 0 Å². The van der Waals surface area contributed by atoms with Crippen LogP contribution in [0.2, 0.25) is 0 Å². The molecule has 0 aliphatic heterocycles. The van der Waals surface area contributed by atoms with E-state index < -0.39 is 18.7 Å². The molecule has 1 rings (SSSR count). The summed E-state index contributed by atoms with van der Waals surface area (Å²) in [6.07, 6.45) is -4.59. The number of halogens is 3. The number of amides is 1. The molecule has 1 amide bonds. The van der Waals surface area contributed by atoms with E-state index >= 15 is 0 Å². The zero-order valence-electron chi connectivity index (χ0n) is 11.6. The van der Waals surface area contributed by atoms with Gasteiger partial charge in [-0.3, -0.25) is 4.79 Å². The minimum atomic E-state index is -4.40. The van der Waals surface area contributed by atoms with Crippen LogP contribution in [0.15, 0.2) is 18.2 Å². The number of hydrogen-bond acceptors (Lipinski definition) is 4. The lowest BCUT2D eigenvalue weighted by Gasteiger charge is -2.12. The molecule has 0 spiro atoms. The molecule has 0 heterocycles. The molecule has 0 saturated heterocycles. The van der Waals surface area contributed by atoms with Crippen LogP contribution in [0.5, 0.6) is 11.5 Å².